The lowest BCUT2D eigenvalue weighted by Crippen LogP contribution is -2.66. The van der Waals surface area contributed by atoms with Crippen LogP contribution < -0.4 is 4.74 Å². The van der Waals surface area contributed by atoms with Gasteiger partial charge in [-0.2, -0.15) is 5.10 Å². The van der Waals surface area contributed by atoms with Gasteiger partial charge in [-0.25, -0.2) is 4.98 Å². The highest BCUT2D eigenvalue weighted by Crippen LogP contribution is 2.38. The molecular formula is C19H25N5O3. The Morgan fingerprint density at radius 3 is 3.00 bits per heavy atom. The van der Waals surface area contributed by atoms with Gasteiger partial charge in [0.2, 0.25) is 5.88 Å². The van der Waals surface area contributed by atoms with Crippen LogP contribution in [0.1, 0.15) is 35.4 Å². The zero-order valence-electron chi connectivity index (χ0n) is 15.8. The van der Waals surface area contributed by atoms with Gasteiger partial charge in [0.05, 0.1) is 31.6 Å². The molecule has 2 aromatic heterocycles. The number of carbonyl (C=O) groups is 1. The van der Waals surface area contributed by atoms with Gasteiger partial charge in [0.15, 0.2) is 0 Å². The third-order valence-corrected chi connectivity index (χ3v) is 5.39. The first kappa shape index (κ1) is 17.9. The highest BCUT2D eigenvalue weighted by molar-refractivity contribution is 5.93. The van der Waals surface area contributed by atoms with Crippen molar-refractivity contribution in [3.05, 3.63) is 36.0 Å². The smallest absolute Gasteiger partial charge is 0.272 e. The molecule has 0 N–H and O–H groups in total. The van der Waals surface area contributed by atoms with Crippen molar-refractivity contribution in [1.29, 1.82) is 0 Å². The Hall–Kier alpha value is -2.48. The Morgan fingerprint density at radius 1 is 1.41 bits per heavy atom. The largest absolute Gasteiger partial charge is 0.477 e. The average Bonchev–Trinajstić information content (AvgIpc) is 3.05. The summed E-state index contributed by atoms with van der Waals surface area (Å²) in [5.41, 5.74) is 1.27. The lowest BCUT2D eigenvalue weighted by atomic mass is 9.79. The van der Waals surface area contributed by atoms with Crippen LogP contribution in [0, 0.1) is 12.8 Å². The van der Waals surface area contributed by atoms with Gasteiger partial charge in [-0.15, -0.1) is 0 Å². The molecular weight excluding hydrogens is 346 g/mol. The van der Waals surface area contributed by atoms with E-state index in [2.05, 4.69) is 15.1 Å². The quantitative estimate of drug-likeness (QED) is 0.794. The number of nitrogens with zero attached hydrogens (tertiary/aromatic N) is 5. The standard InChI is InChI=1S/C19H25N5O3/c1-14-10-20-11-17(22-14)26-7-4-15-5-8-27-19(9-15)12-24(13-19)18(25)16-3-6-21-23(16)2/h3,6,10-11,15H,4-5,7-9,12-13H2,1-2H3/t15-/m0/s1. The topological polar surface area (TPSA) is 82.4 Å². The van der Waals surface area contributed by atoms with Crippen molar-refractivity contribution in [2.45, 2.75) is 31.8 Å². The van der Waals surface area contributed by atoms with Crippen molar-refractivity contribution in [2.24, 2.45) is 13.0 Å². The van der Waals surface area contributed by atoms with Crippen LogP contribution in [0.5, 0.6) is 5.88 Å². The molecule has 0 aromatic carbocycles. The number of amides is 1. The number of aryl methyl sites for hydroxylation is 2. The highest BCUT2D eigenvalue weighted by atomic mass is 16.5. The average molecular weight is 371 g/mol. The lowest BCUT2D eigenvalue weighted by Gasteiger charge is -2.53. The van der Waals surface area contributed by atoms with Gasteiger partial charge >= 0.3 is 0 Å². The molecule has 8 heteroatoms. The van der Waals surface area contributed by atoms with E-state index in [1.54, 1.807) is 36.4 Å². The SMILES string of the molecule is Cc1cncc(OCC[C@H]2CCOC3(C2)CN(C(=O)c2ccnn2C)C3)n1. The third kappa shape index (κ3) is 3.80. The Kier molecular flexibility index (Phi) is 4.82. The number of rotatable bonds is 5. The van der Waals surface area contributed by atoms with Crippen molar-refractivity contribution in [1.82, 2.24) is 24.6 Å². The summed E-state index contributed by atoms with van der Waals surface area (Å²) in [6.07, 6.45) is 7.95. The predicted octanol–water partition coefficient (Wildman–Crippen LogP) is 1.61. The number of ether oxygens (including phenoxy) is 2. The molecule has 27 heavy (non-hydrogen) atoms. The molecule has 4 rings (SSSR count). The number of hydrogen-bond donors (Lipinski definition) is 0. The van der Waals surface area contributed by atoms with Crippen molar-refractivity contribution < 1.29 is 14.3 Å². The van der Waals surface area contributed by atoms with E-state index >= 15 is 0 Å². The van der Waals surface area contributed by atoms with Crippen LogP contribution in [0.3, 0.4) is 0 Å². The van der Waals surface area contributed by atoms with E-state index in [1.165, 1.54) is 0 Å². The maximum Gasteiger partial charge on any atom is 0.272 e. The van der Waals surface area contributed by atoms with Crippen LogP contribution in [0.4, 0.5) is 0 Å². The zero-order chi connectivity index (χ0) is 18.9. The fourth-order valence-electron chi connectivity index (χ4n) is 3.97. The molecule has 2 aromatic rings. The van der Waals surface area contributed by atoms with Crippen LogP contribution in [0.25, 0.3) is 0 Å². The Bertz CT molecular complexity index is 815. The van der Waals surface area contributed by atoms with E-state index < -0.39 is 0 Å². The number of aromatic nitrogens is 4. The first-order chi connectivity index (χ1) is 13.0. The first-order valence-electron chi connectivity index (χ1n) is 9.37. The Morgan fingerprint density at radius 2 is 2.26 bits per heavy atom. The van der Waals surface area contributed by atoms with Gasteiger partial charge in [-0.1, -0.05) is 0 Å². The van der Waals surface area contributed by atoms with Gasteiger partial charge in [0, 0.05) is 26.0 Å². The second kappa shape index (κ2) is 7.26. The molecule has 8 nitrogen and oxygen atoms in total. The van der Waals surface area contributed by atoms with Crippen LogP contribution >= 0.6 is 0 Å². The van der Waals surface area contributed by atoms with Crippen molar-refractivity contribution in [3.8, 4) is 5.88 Å². The second-order valence-corrected chi connectivity index (χ2v) is 7.53. The molecule has 0 radical (unpaired) electrons. The maximum atomic E-state index is 12.5. The number of carbonyl (C=O) groups excluding carboxylic acids is 1. The van der Waals surface area contributed by atoms with Gasteiger partial charge in [0.1, 0.15) is 11.3 Å². The molecule has 2 aliphatic rings. The summed E-state index contributed by atoms with van der Waals surface area (Å²) in [5, 5.41) is 4.07. The van der Waals surface area contributed by atoms with E-state index in [0.717, 1.165) is 31.6 Å². The molecule has 2 saturated heterocycles. The van der Waals surface area contributed by atoms with Gasteiger partial charge in [-0.05, 0) is 38.2 Å². The van der Waals surface area contributed by atoms with Crippen molar-refractivity contribution in [2.75, 3.05) is 26.3 Å². The fraction of sp³-hybridized carbons (Fsp3) is 0.579. The molecule has 1 spiro atoms. The summed E-state index contributed by atoms with van der Waals surface area (Å²) in [6.45, 7) is 4.56. The molecule has 1 atom stereocenters. The lowest BCUT2D eigenvalue weighted by molar-refractivity contribution is -0.167. The molecule has 0 unspecified atom stereocenters. The summed E-state index contributed by atoms with van der Waals surface area (Å²) >= 11 is 0. The van der Waals surface area contributed by atoms with Crippen molar-refractivity contribution >= 4 is 5.91 Å². The number of likely N-dealkylation sites (tertiary alicyclic amines) is 1. The summed E-state index contributed by atoms with van der Waals surface area (Å²) in [5.74, 6) is 1.13. The summed E-state index contributed by atoms with van der Waals surface area (Å²) in [4.78, 5) is 22.8. The van der Waals surface area contributed by atoms with Gasteiger partial charge in [-0.3, -0.25) is 14.5 Å². The molecule has 144 valence electrons. The minimum Gasteiger partial charge on any atom is -0.477 e. The first-order valence-corrected chi connectivity index (χ1v) is 9.37. The maximum absolute atomic E-state index is 12.5. The molecule has 4 heterocycles. The van der Waals surface area contributed by atoms with Gasteiger partial charge in [0.25, 0.3) is 5.91 Å². The molecule has 2 aliphatic heterocycles. The fourth-order valence-corrected chi connectivity index (χ4v) is 3.97. The van der Waals surface area contributed by atoms with E-state index in [0.29, 0.717) is 37.2 Å². The van der Waals surface area contributed by atoms with E-state index in [4.69, 9.17) is 9.47 Å². The van der Waals surface area contributed by atoms with Crippen LogP contribution in [0.2, 0.25) is 0 Å². The number of hydrogen-bond acceptors (Lipinski definition) is 6. The normalized spacial score (nSPS) is 21.1. The summed E-state index contributed by atoms with van der Waals surface area (Å²) in [7, 11) is 1.79. The zero-order valence-corrected chi connectivity index (χ0v) is 15.8. The second-order valence-electron chi connectivity index (χ2n) is 7.53. The minimum atomic E-state index is -0.194. The summed E-state index contributed by atoms with van der Waals surface area (Å²) < 4.78 is 13.4. The third-order valence-electron chi connectivity index (χ3n) is 5.39. The molecule has 2 fully saturated rings. The monoisotopic (exact) mass is 371 g/mol. The van der Waals surface area contributed by atoms with Crippen LogP contribution in [-0.4, -0.2) is 62.5 Å². The molecule has 0 bridgehead atoms. The Labute approximate surface area is 158 Å². The van der Waals surface area contributed by atoms with Gasteiger partial charge < -0.3 is 14.4 Å². The van der Waals surface area contributed by atoms with Crippen molar-refractivity contribution in [3.63, 3.8) is 0 Å². The highest BCUT2D eigenvalue weighted by Gasteiger charge is 2.49. The molecule has 0 saturated carbocycles. The molecule has 0 aliphatic carbocycles. The summed E-state index contributed by atoms with van der Waals surface area (Å²) in [6, 6.07) is 1.75. The van der Waals surface area contributed by atoms with E-state index in [-0.39, 0.29) is 11.5 Å². The predicted molar refractivity (Wildman–Crippen MR) is 97.4 cm³/mol. The minimum absolute atomic E-state index is 0.0210. The van der Waals surface area contributed by atoms with E-state index in [9.17, 15) is 4.79 Å². The molecule has 1 amide bonds. The van der Waals surface area contributed by atoms with Crippen LogP contribution in [0.15, 0.2) is 24.7 Å². The van der Waals surface area contributed by atoms with E-state index in [1.807, 2.05) is 11.8 Å². The Balaban J connectivity index is 1.26. The van der Waals surface area contributed by atoms with Crippen LogP contribution in [-0.2, 0) is 11.8 Å².